The Hall–Kier alpha value is -0.860. The van der Waals surface area contributed by atoms with Gasteiger partial charge in [0.15, 0.2) is 0 Å². The van der Waals surface area contributed by atoms with Crippen LogP contribution in [0.3, 0.4) is 0 Å². The molecule has 0 aliphatic carbocycles. The Kier molecular flexibility index (Phi) is 2.85. The zero-order valence-corrected chi connectivity index (χ0v) is 8.96. The average molecular weight is 190 g/mol. The third-order valence-electron chi connectivity index (χ3n) is 2.94. The lowest BCUT2D eigenvalue weighted by Crippen LogP contribution is -2.43. The molecule has 1 fully saturated rings. The lowest BCUT2D eigenvalue weighted by Gasteiger charge is -2.31. The standard InChI is InChI=1S/C12H18N2/c1-10-5-3-4-6-11(10)12-9-14(2)8-7-13-12/h3-6,12-13H,7-9H2,1-2H3. The van der Waals surface area contributed by atoms with Crippen LogP contribution in [0.15, 0.2) is 24.3 Å². The summed E-state index contributed by atoms with van der Waals surface area (Å²) in [6, 6.07) is 9.15. The third-order valence-corrected chi connectivity index (χ3v) is 2.94. The van der Waals surface area contributed by atoms with Crippen molar-refractivity contribution >= 4 is 0 Å². The molecule has 0 saturated carbocycles. The smallest absolute Gasteiger partial charge is 0.0452 e. The van der Waals surface area contributed by atoms with Gasteiger partial charge < -0.3 is 10.2 Å². The molecule has 2 rings (SSSR count). The molecule has 1 aromatic carbocycles. The van der Waals surface area contributed by atoms with E-state index < -0.39 is 0 Å². The van der Waals surface area contributed by atoms with Gasteiger partial charge in [0.2, 0.25) is 0 Å². The fourth-order valence-corrected chi connectivity index (χ4v) is 2.08. The monoisotopic (exact) mass is 190 g/mol. The largest absolute Gasteiger partial charge is 0.308 e. The number of likely N-dealkylation sites (N-methyl/N-ethyl adjacent to an activating group) is 1. The number of aryl methyl sites for hydroxylation is 1. The molecule has 2 nitrogen and oxygen atoms in total. The van der Waals surface area contributed by atoms with Crippen LogP contribution in [0.1, 0.15) is 17.2 Å². The van der Waals surface area contributed by atoms with Crippen LogP contribution in [0.5, 0.6) is 0 Å². The SMILES string of the molecule is Cc1ccccc1C1CN(C)CCN1. The van der Waals surface area contributed by atoms with Crippen LogP contribution in [0.25, 0.3) is 0 Å². The van der Waals surface area contributed by atoms with E-state index in [9.17, 15) is 0 Å². The van der Waals surface area contributed by atoms with Gasteiger partial charge in [-0.15, -0.1) is 0 Å². The topological polar surface area (TPSA) is 15.3 Å². The quantitative estimate of drug-likeness (QED) is 0.723. The molecule has 1 N–H and O–H groups in total. The predicted octanol–water partition coefficient (Wildman–Crippen LogP) is 1.57. The molecule has 14 heavy (non-hydrogen) atoms. The molecule has 0 amide bonds. The number of benzene rings is 1. The maximum absolute atomic E-state index is 3.56. The van der Waals surface area contributed by atoms with E-state index in [1.54, 1.807) is 0 Å². The minimum atomic E-state index is 0.509. The second kappa shape index (κ2) is 4.11. The van der Waals surface area contributed by atoms with Crippen molar-refractivity contribution in [1.29, 1.82) is 0 Å². The van der Waals surface area contributed by atoms with E-state index in [1.807, 2.05) is 0 Å². The van der Waals surface area contributed by atoms with Gasteiger partial charge >= 0.3 is 0 Å². The first kappa shape index (κ1) is 9.69. The summed E-state index contributed by atoms with van der Waals surface area (Å²) < 4.78 is 0. The van der Waals surface area contributed by atoms with Gasteiger partial charge in [0.25, 0.3) is 0 Å². The highest BCUT2D eigenvalue weighted by Crippen LogP contribution is 2.19. The molecule has 0 spiro atoms. The van der Waals surface area contributed by atoms with Gasteiger partial charge in [-0.1, -0.05) is 24.3 Å². The molecule has 0 aromatic heterocycles. The highest BCUT2D eigenvalue weighted by Gasteiger charge is 2.18. The Morgan fingerprint density at radius 1 is 1.36 bits per heavy atom. The van der Waals surface area contributed by atoms with Crippen LogP contribution >= 0.6 is 0 Å². The summed E-state index contributed by atoms with van der Waals surface area (Å²) in [7, 11) is 2.19. The second-order valence-electron chi connectivity index (χ2n) is 4.13. The summed E-state index contributed by atoms with van der Waals surface area (Å²) in [5, 5.41) is 3.56. The first-order valence-corrected chi connectivity index (χ1v) is 5.25. The summed E-state index contributed by atoms with van der Waals surface area (Å²) in [6.07, 6.45) is 0. The lowest BCUT2D eigenvalue weighted by atomic mass is 10.00. The van der Waals surface area contributed by atoms with Crippen molar-refractivity contribution in [1.82, 2.24) is 10.2 Å². The van der Waals surface area contributed by atoms with Gasteiger partial charge in [-0.2, -0.15) is 0 Å². The molecule has 1 unspecified atom stereocenters. The van der Waals surface area contributed by atoms with Crippen molar-refractivity contribution in [3.05, 3.63) is 35.4 Å². The van der Waals surface area contributed by atoms with Gasteiger partial charge in [-0.25, -0.2) is 0 Å². The Morgan fingerprint density at radius 2 is 2.14 bits per heavy atom. The molecule has 0 radical (unpaired) electrons. The molecule has 76 valence electrons. The summed E-state index contributed by atoms with van der Waals surface area (Å²) in [4.78, 5) is 2.38. The summed E-state index contributed by atoms with van der Waals surface area (Å²) in [6.45, 7) is 5.55. The molecule has 1 heterocycles. The molecular weight excluding hydrogens is 172 g/mol. The van der Waals surface area contributed by atoms with E-state index in [2.05, 4.69) is 48.5 Å². The van der Waals surface area contributed by atoms with Crippen molar-refractivity contribution in [2.45, 2.75) is 13.0 Å². The van der Waals surface area contributed by atoms with Crippen molar-refractivity contribution in [3.63, 3.8) is 0 Å². The zero-order valence-electron chi connectivity index (χ0n) is 8.96. The van der Waals surface area contributed by atoms with E-state index in [1.165, 1.54) is 11.1 Å². The van der Waals surface area contributed by atoms with Crippen LogP contribution < -0.4 is 5.32 Å². The van der Waals surface area contributed by atoms with Crippen LogP contribution in [0.2, 0.25) is 0 Å². The van der Waals surface area contributed by atoms with E-state index >= 15 is 0 Å². The fraction of sp³-hybridized carbons (Fsp3) is 0.500. The van der Waals surface area contributed by atoms with Crippen molar-refractivity contribution in [2.24, 2.45) is 0 Å². The number of nitrogens with zero attached hydrogens (tertiary/aromatic N) is 1. The minimum Gasteiger partial charge on any atom is -0.308 e. The Morgan fingerprint density at radius 3 is 2.86 bits per heavy atom. The number of piperazine rings is 1. The fourth-order valence-electron chi connectivity index (χ4n) is 2.08. The Labute approximate surface area is 85.9 Å². The van der Waals surface area contributed by atoms with E-state index in [0.717, 1.165) is 19.6 Å². The molecule has 1 aromatic rings. The number of hydrogen-bond donors (Lipinski definition) is 1. The predicted molar refractivity (Wildman–Crippen MR) is 59.4 cm³/mol. The van der Waals surface area contributed by atoms with Gasteiger partial charge in [0.1, 0.15) is 0 Å². The zero-order chi connectivity index (χ0) is 9.97. The normalized spacial score (nSPS) is 23.7. The van der Waals surface area contributed by atoms with Gasteiger partial charge in [-0.05, 0) is 25.1 Å². The first-order chi connectivity index (χ1) is 6.77. The molecule has 1 atom stereocenters. The van der Waals surface area contributed by atoms with E-state index in [0.29, 0.717) is 6.04 Å². The third kappa shape index (κ3) is 1.97. The van der Waals surface area contributed by atoms with Crippen LogP contribution in [0, 0.1) is 6.92 Å². The molecule has 1 aliphatic heterocycles. The van der Waals surface area contributed by atoms with E-state index in [-0.39, 0.29) is 0 Å². The molecule has 0 bridgehead atoms. The second-order valence-corrected chi connectivity index (χ2v) is 4.13. The van der Waals surface area contributed by atoms with E-state index in [4.69, 9.17) is 0 Å². The Bertz CT molecular complexity index is 309. The highest BCUT2D eigenvalue weighted by molar-refractivity contribution is 5.29. The van der Waals surface area contributed by atoms with Crippen LogP contribution in [-0.4, -0.2) is 31.6 Å². The summed E-state index contributed by atoms with van der Waals surface area (Å²) in [5.41, 5.74) is 2.83. The van der Waals surface area contributed by atoms with Gasteiger partial charge in [0, 0.05) is 25.7 Å². The Balaban J connectivity index is 2.18. The molecule has 2 heteroatoms. The average Bonchev–Trinajstić information content (AvgIpc) is 2.18. The molecule has 1 saturated heterocycles. The molecular formula is C12H18N2. The molecule has 1 aliphatic rings. The number of nitrogens with one attached hydrogen (secondary N) is 1. The maximum Gasteiger partial charge on any atom is 0.0452 e. The van der Waals surface area contributed by atoms with Crippen molar-refractivity contribution in [3.8, 4) is 0 Å². The lowest BCUT2D eigenvalue weighted by molar-refractivity contribution is 0.240. The van der Waals surface area contributed by atoms with Gasteiger partial charge in [-0.3, -0.25) is 0 Å². The number of rotatable bonds is 1. The first-order valence-electron chi connectivity index (χ1n) is 5.25. The minimum absolute atomic E-state index is 0.509. The summed E-state index contributed by atoms with van der Waals surface area (Å²) >= 11 is 0. The van der Waals surface area contributed by atoms with Crippen LogP contribution in [0.4, 0.5) is 0 Å². The maximum atomic E-state index is 3.56. The number of hydrogen-bond acceptors (Lipinski definition) is 2. The van der Waals surface area contributed by atoms with Crippen molar-refractivity contribution < 1.29 is 0 Å². The summed E-state index contributed by atoms with van der Waals surface area (Å²) in [5.74, 6) is 0. The van der Waals surface area contributed by atoms with Crippen LogP contribution in [-0.2, 0) is 0 Å². The van der Waals surface area contributed by atoms with Gasteiger partial charge in [0.05, 0.1) is 0 Å². The van der Waals surface area contributed by atoms with Crippen molar-refractivity contribution in [2.75, 3.05) is 26.7 Å². The highest BCUT2D eigenvalue weighted by atomic mass is 15.2.